The van der Waals surface area contributed by atoms with Gasteiger partial charge in [0.2, 0.25) is 0 Å². The Labute approximate surface area is 130 Å². The summed E-state index contributed by atoms with van der Waals surface area (Å²) in [5, 5.41) is 2.94. The Morgan fingerprint density at radius 1 is 1.09 bits per heavy atom. The molecule has 0 radical (unpaired) electrons. The molecule has 7 nitrogen and oxygen atoms in total. The first kappa shape index (κ1) is 15.1. The highest BCUT2D eigenvalue weighted by atomic mass is 16.5. The third-order valence-electron chi connectivity index (χ3n) is 3.95. The fourth-order valence-corrected chi connectivity index (χ4v) is 2.61. The van der Waals surface area contributed by atoms with Gasteiger partial charge in [-0.2, -0.15) is 0 Å². The molecule has 0 aromatic carbocycles. The SMILES string of the molecule is Cc1nc(N2CCOCC2)ccc1NC(=O)N1CCOCC1. The molecule has 2 aliphatic rings. The van der Waals surface area contributed by atoms with Crippen LogP contribution in [0, 0.1) is 6.92 Å². The van der Waals surface area contributed by atoms with Crippen LogP contribution in [0.15, 0.2) is 12.1 Å². The lowest BCUT2D eigenvalue weighted by Gasteiger charge is -2.29. The number of ether oxygens (including phenoxy) is 2. The van der Waals surface area contributed by atoms with Gasteiger partial charge in [0, 0.05) is 26.2 Å². The van der Waals surface area contributed by atoms with Gasteiger partial charge in [-0.1, -0.05) is 0 Å². The number of pyridine rings is 1. The smallest absolute Gasteiger partial charge is 0.322 e. The van der Waals surface area contributed by atoms with Gasteiger partial charge in [0.15, 0.2) is 0 Å². The van der Waals surface area contributed by atoms with E-state index in [4.69, 9.17) is 9.47 Å². The summed E-state index contributed by atoms with van der Waals surface area (Å²) < 4.78 is 10.6. The average molecular weight is 306 g/mol. The van der Waals surface area contributed by atoms with Gasteiger partial charge in [-0.3, -0.25) is 0 Å². The molecule has 3 heterocycles. The molecular weight excluding hydrogens is 284 g/mol. The zero-order valence-electron chi connectivity index (χ0n) is 12.9. The van der Waals surface area contributed by atoms with Crippen molar-refractivity contribution in [3.8, 4) is 0 Å². The second kappa shape index (κ2) is 6.93. The molecule has 7 heteroatoms. The number of carbonyl (C=O) groups excluding carboxylic acids is 1. The Morgan fingerprint density at radius 3 is 2.36 bits per heavy atom. The lowest BCUT2D eigenvalue weighted by Crippen LogP contribution is -2.43. The van der Waals surface area contributed by atoms with Crippen molar-refractivity contribution in [2.45, 2.75) is 6.92 Å². The van der Waals surface area contributed by atoms with E-state index in [1.807, 2.05) is 19.1 Å². The molecule has 22 heavy (non-hydrogen) atoms. The van der Waals surface area contributed by atoms with E-state index >= 15 is 0 Å². The van der Waals surface area contributed by atoms with Crippen molar-refractivity contribution in [2.24, 2.45) is 0 Å². The molecule has 1 N–H and O–H groups in total. The van der Waals surface area contributed by atoms with Gasteiger partial charge in [-0.25, -0.2) is 9.78 Å². The Bertz CT molecular complexity index is 526. The minimum absolute atomic E-state index is 0.0904. The summed E-state index contributed by atoms with van der Waals surface area (Å²) in [4.78, 5) is 20.8. The zero-order valence-corrected chi connectivity index (χ0v) is 12.9. The van der Waals surface area contributed by atoms with Crippen molar-refractivity contribution >= 4 is 17.5 Å². The highest BCUT2D eigenvalue weighted by molar-refractivity contribution is 5.90. The Balaban J connectivity index is 1.65. The predicted octanol–water partition coefficient (Wildman–Crippen LogP) is 1.09. The largest absolute Gasteiger partial charge is 0.378 e. The molecule has 0 unspecified atom stereocenters. The predicted molar refractivity (Wildman–Crippen MR) is 83.4 cm³/mol. The first-order valence-electron chi connectivity index (χ1n) is 7.68. The van der Waals surface area contributed by atoms with Crippen LogP contribution in [0.3, 0.4) is 0 Å². The van der Waals surface area contributed by atoms with Crippen molar-refractivity contribution in [3.63, 3.8) is 0 Å². The van der Waals surface area contributed by atoms with Crippen molar-refractivity contribution in [2.75, 3.05) is 62.8 Å². The number of aromatic nitrogens is 1. The number of hydrogen-bond acceptors (Lipinski definition) is 5. The second-order valence-corrected chi connectivity index (χ2v) is 5.43. The number of anilines is 2. The van der Waals surface area contributed by atoms with Crippen LogP contribution >= 0.6 is 0 Å². The Kier molecular flexibility index (Phi) is 4.74. The maximum absolute atomic E-state index is 12.2. The molecule has 0 saturated carbocycles. The zero-order chi connectivity index (χ0) is 15.4. The maximum Gasteiger partial charge on any atom is 0.322 e. The van der Waals surface area contributed by atoms with Gasteiger partial charge >= 0.3 is 6.03 Å². The molecule has 0 bridgehead atoms. The summed E-state index contributed by atoms with van der Waals surface area (Å²) in [5.41, 5.74) is 1.58. The number of carbonyl (C=O) groups is 1. The number of morpholine rings is 2. The van der Waals surface area contributed by atoms with Gasteiger partial charge in [-0.15, -0.1) is 0 Å². The fraction of sp³-hybridized carbons (Fsp3) is 0.600. The Hall–Kier alpha value is -1.86. The molecule has 2 amide bonds. The molecule has 2 fully saturated rings. The second-order valence-electron chi connectivity index (χ2n) is 5.43. The lowest BCUT2D eigenvalue weighted by molar-refractivity contribution is 0.0564. The van der Waals surface area contributed by atoms with Crippen LogP contribution in [0.2, 0.25) is 0 Å². The summed E-state index contributed by atoms with van der Waals surface area (Å²) in [6.45, 7) is 7.54. The standard InChI is InChI=1S/C15H22N4O3/c1-12-13(17-15(20)19-6-10-22-11-7-19)2-3-14(16-12)18-4-8-21-9-5-18/h2-3H,4-11H2,1H3,(H,17,20). The summed E-state index contributed by atoms with van der Waals surface area (Å²) in [6, 6.07) is 3.78. The number of nitrogens with zero attached hydrogens (tertiary/aromatic N) is 3. The number of hydrogen-bond donors (Lipinski definition) is 1. The van der Waals surface area contributed by atoms with Gasteiger partial charge in [0.25, 0.3) is 0 Å². The molecule has 1 aromatic rings. The highest BCUT2D eigenvalue weighted by Crippen LogP contribution is 2.20. The van der Waals surface area contributed by atoms with Crippen LogP contribution in [0.4, 0.5) is 16.3 Å². The molecule has 3 rings (SSSR count). The number of rotatable bonds is 2. The quantitative estimate of drug-likeness (QED) is 0.886. The third kappa shape index (κ3) is 3.48. The number of aryl methyl sites for hydroxylation is 1. The van der Waals surface area contributed by atoms with Crippen LogP contribution in [0.5, 0.6) is 0 Å². The molecule has 1 aromatic heterocycles. The third-order valence-corrected chi connectivity index (χ3v) is 3.95. The molecule has 0 atom stereocenters. The number of amides is 2. The lowest BCUT2D eigenvalue weighted by atomic mass is 10.3. The van der Waals surface area contributed by atoms with E-state index in [0.29, 0.717) is 26.3 Å². The highest BCUT2D eigenvalue weighted by Gasteiger charge is 2.18. The van der Waals surface area contributed by atoms with E-state index < -0.39 is 0 Å². The molecule has 0 aliphatic carbocycles. The summed E-state index contributed by atoms with van der Waals surface area (Å²) in [5.74, 6) is 0.935. The summed E-state index contributed by atoms with van der Waals surface area (Å²) >= 11 is 0. The average Bonchev–Trinajstić information content (AvgIpc) is 2.58. The fourth-order valence-electron chi connectivity index (χ4n) is 2.61. The normalized spacial score (nSPS) is 19.1. The van der Waals surface area contributed by atoms with E-state index in [9.17, 15) is 4.79 Å². The van der Waals surface area contributed by atoms with Gasteiger partial charge in [0.1, 0.15) is 5.82 Å². The van der Waals surface area contributed by atoms with Crippen molar-refractivity contribution < 1.29 is 14.3 Å². The number of urea groups is 1. The van der Waals surface area contributed by atoms with Crippen LogP contribution in [-0.2, 0) is 9.47 Å². The summed E-state index contributed by atoms with van der Waals surface area (Å²) in [7, 11) is 0. The van der Waals surface area contributed by atoms with E-state index in [0.717, 1.165) is 43.5 Å². The van der Waals surface area contributed by atoms with Crippen molar-refractivity contribution in [1.29, 1.82) is 0 Å². The number of nitrogens with one attached hydrogen (secondary N) is 1. The first-order chi connectivity index (χ1) is 10.7. The minimum atomic E-state index is -0.0904. The Morgan fingerprint density at radius 2 is 1.73 bits per heavy atom. The maximum atomic E-state index is 12.2. The summed E-state index contributed by atoms with van der Waals surface area (Å²) in [6.07, 6.45) is 0. The van der Waals surface area contributed by atoms with E-state index in [1.165, 1.54) is 0 Å². The monoisotopic (exact) mass is 306 g/mol. The van der Waals surface area contributed by atoms with Gasteiger partial charge in [0.05, 0.1) is 37.8 Å². The van der Waals surface area contributed by atoms with Crippen LogP contribution < -0.4 is 10.2 Å². The van der Waals surface area contributed by atoms with E-state index in [2.05, 4.69) is 15.2 Å². The van der Waals surface area contributed by atoms with Crippen molar-refractivity contribution in [3.05, 3.63) is 17.8 Å². The van der Waals surface area contributed by atoms with Crippen LogP contribution in [0.1, 0.15) is 5.69 Å². The van der Waals surface area contributed by atoms with Gasteiger partial charge < -0.3 is 24.6 Å². The van der Waals surface area contributed by atoms with Crippen LogP contribution in [-0.4, -0.2) is 68.5 Å². The van der Waals surface area contributed by atoms with E-state index in [-0.39, 0.29) is 6.03 Å². The van der Waals surface area contributed by atoms with E-state index in [1.54, 1.807) is 4.90 Å². The topological polar surface area (TPSA) is 66.9 Å². The van der Waals surface area contributed by atoms with Gasteiger partial charge in [-0.05, 0) is 19.1 Å². The molecule has 2 saturated heterocycles. The first-order valence-corrected chi connectivity index (χ1v) is 7.68. The molecule has 0 spiro atoms. The molecule has 2 aliphatic heterocycles. The van der Waals surface area contributed by atoms with Crippen molar-refractivity contribution in [1.82, 2.24) is 9.88 Å². The molecule has 120 valence electrons. The minimum Gasteiger partial charge on any atom is -0.378 e. The molecular formula is C15H22N4O3. The van der Waals surface area contributed by atoms with Crippen LogP contribution in [0.25, 0.3) is 0 Å².